The molecule has 1 atom stereocenters. The topological polar surface area (TPSA) is 21.8 Å². The molecule has 100 valence electrons. The van der Waals surface area contributed by atoms with Crippen molar-refractivity contribution in [2.45, 2.75) is 51.6 Å². The van der Waals surface area contributed by atoms with E-state index in [2.05, 4.69) is 38.1 Å². The summed E-state index contributed by atoms with van der Waals surface area (Å²) < 4.78 is 11.0. The second kappa shape index (κ2) is 6.24. The van der Waals surface area contributed by atoms with Crippen molar-refractivity contribution in [3.05, 3.63) is 29.8 Å². The van der Waals surface area contributed by atoms with Crippen LogP contribution in [0.2, 0.25) is 0 Å². The van der Waals surface area contributed by atoms with Crippen molar-refractivity contribution in [1.82, 2.24) is 0 Å². The first-order valence-electron chi connectivity index (χ1n) is 7.07. The zero-order chi connectivity index (χ0) is 12.8. The minimum atomic E-state index is -0.0289. The lowest BCUT2D eigenvalue weighted by Gasteiger charge is -2.09. The van der Waals surface area contributed by atoms with Crippen LogP contribution in [0.1, 0.15) is 45.1 Å². The Kier molecular flexibility index (Phi) is 4.65. The van der Waals surface area contributed by atoms with Crippen molar-refractivity contribution in [3.63, 3.8) is 0 Å². The Labute approximate surface area is 110 Å². The third-order valence-corrected chi connectivity index (χ3v) is 3.42. The zero-order valence-electron chi connectivity index (χ0n) is 11.6. The monoisotopic (exact) mass is 248 g/mol. The summed E-state index contributed by atoms with van der Waals surface area (Å²) in [4.78, 5) is 0. The number of epoxide rings is 1. The van der Waals surface area contributed by atoms with E-state index in [4.69, 9.17) is 9.47 Å². The highest BCUT2D eigenvalue weighted by Crippen LogP contribution is 2.27. The molecular formula is C16H24O2. The number of hydrogen-bond acceptors (Lipinski definition) is 2. The number of rotatable bonds is 8. The van der Waals surface area contributed by atoms with Gasteiger partial charge in [-0.2, -0.15) is 0 Å². The van der Waals surface area contributed by atoms with Gasteiger partial charge in [-0.3, -0.25) is 0 Å². The van der Waals surface area contributed by atoms with E-state index >= 15 is 0 Å². The summed E-state index contributed by atoms with van der Waals surface area (Å²) in [6.45, 7) is 5.80. The molecule has 1 unspecified atom stereocenters. The number of benzene rings is 1. The lowest BCUT2D eigenvalue weighted by atomic mass is 10.1. The Morgan fingerprint density at radius 2 is 1.89 bits per heavy atom. The molecule has 18 heavy (non-hydrogen) atoms. The molecule has 1 aromatic carbocycles. The Balaban J connectivity index is 1.71. The van der Waals surface area contributed by atoms with Crippen LogP contribution in [0.3, 0.4) is 0 Å². The molecule has 0 bridgehead atoms. The van der Waals surface area contributed by atoms with Gasteiger partial charge in [-0.15, -0.1) is 0 Å². The summed E-state index contributed by atoms with van der Waals surface area (Å²) in [7, 11) is 0. The summed E-state index contributed by atoms with van der Waals surface area (Å²) in [5.41, 5.74) is 1.38. The van der Waals surface area contributed by atoms with Crippen LogP contribution in [-0.4, -0.2) is 18.8 Å². The van der Waals surface area contributed by atoms with Gasteiger partial charge in [-0.05, 0) is 37.5 Å². The first kappa shape index (κ1) is 13.4. The molecule has 2 heteroatoms. The fourth-order valence-electron chi connectivity index (χ4n) is 1.95. The van der Waals surface area contributed by atoms with Gasteiger partial charge in [-0.1, -0.05) is 38.3 Å². The fourth-order valence-corrected chi connectivity index (χ4v) is 1.95. The van der Waals surface area contributed by atoms with E-state index in [1.807, 2.05) is 0 Å². The molecule has 1 aliphatic heterocycles. The molecule has 0 saturated carbocycles. The molecule has 2 nitrogen and oxygen atoms in total. The van der Waals surface area contributed by atoms with Crippen LogP contribution in [0, 0.1) is 0 Å². The van der Waals surface area contributed by atoms with Crippen molar-refractivity contribution >= 4 is 0 Å². The lowest BCUT2D eigenvalue weighted by Crippen LogP contribution is -2.16. The summed E-state index contributed by atoms with van der Waals surface area (Å²) in [6, 6.07) is 8.50. The lowest BCUT2D eigenvalue weighted by molar-refractivity contribution is 0.202. The maximum absolute atomic E-state index is 5.71. The van der Waals surface area contributed by atoms with Crippen LogP contribution in [-0.2, 0) is 11.2 Å². The van der Waals surface area contributed by atoms with Crippen LogP contribution in [0.25, 0.3) is 0 Å². The van der Waals surface area contributed by atoms with Crippen molar-refractivity contribution in [1.29, 1.82) is 0 Å². The highest BCUT2D eigenvalue weighted by molar-refractivity contribution is 5.27. The average Bonchev–Trinajstić information content (AvgIpc) is 3.12. The Bertz CT molecular complexity index is 352. The average molecular weight is 248 g/mol. The van der Waals surface area contributed by atoms with Gasteiger partial charge >= 0.3 is 0 Å². The molecule has 1 aromatic rings. The molecule has 0 spiro atoms. The molecule has 1 fully saturated rings. The minimum absolute atomic E-state index is 0.0289. The number of ether oxygens (including phenoxy) is 2. The van der Waals surface area contributed by atoms with E-state index in [1.165, 1.54) is 37.7 Å². The van der Waals surface area contributed by atoms with Crippen LogP contribution >= 0.6 is 0 Å². The molecule has 1 aliphatic rings. The standard InChI is InChI=1S/C16H24O2/c1-3-4-5-6-7-14-8-10-15(11-9-14)17-12-16(2)13-18-16/h8-11H,3-7,12-13H2,1-2H3. The fraction of sp³-hybridized carbons (Fsp3) is 0.625. The minimum Gasteiger partial charge on any atom is -0.491 e. The Morgan fingerprint density at radius 1 is 1.17 bits per heavy atom. The normalized spacial score (nSPS) is 21.9. The predicted octanol–water partition coefficient (Wildman–Crippen LogP) is 3.98. The van der Waals surface area contributed by atoms with Crippen molar-refractivity contribution < 1.29 is 9.47 Å². The second-order valence-corrected chi connectivity index (χ2v) is 5.48. The number of unbranched alkanes of at least 4 members (excludes halogenated alkanes) is 3. The molecule has 0 radical (unpaired) electrons. The molecule has 0 aliphatic carbocycles. The molecule has 0 aromatic heterocycles. The first-order chi connectivity index (χ1) is 8.72. The van der Waals surface area contributed by atoms with E-state index in [9.17, 15) is 0 Å². The van der Waals surface area contributed by atoms with Gasteiger partial charge < -0.3 is 9.47 Å². The number of hydrogen-bond donors (Lipinski definition) is 0. The molecule has 0 N–H and O–H groups in total. The first-order valence-corrected chi connectivity index (χ1v) is 7.07. The largest absolute Gasteiger partial charge is 0.491 e. The third kappa shape index (κ3) is 4.34. The van der Waals surface area contributed by atoms with Gasteiger partial charge in [0.15, 0.2) is 0 Å². The predicted molar refractivity (Wildman–Crippen MR) is 74.1 cm³/mol. The molecule has 2 rings (SSSR count). The number of aryl methyl sites for hydroxylation is 1. The molecule has 1 saturated heterocycles. The smallest absolute Gasteiger partial charge is 0.123 e. The van der Waals surface area contributed by atoms with Crippen LogP contribution in [0.4, 0.5) is 0 Å². The van der Waals surface area contributed by atoms with Crippen LogP contribution in [0.15, 0.2) is 24.3 Å². The van der Waals surface area contributed by atoms with Crippen molar-refractivity contribution in [2.75, 3.05) is 13.2 Å². The quantitative estimate of drug-likeness (QED) is 0.513. The van der Waals surface area contributed by atoms with Gasteiger partial charge in [0.25, 0.3) is 0 Å². The highest BCUT2D eigenvalue weighted by atomic mass is 16.6. The highest BCUT2D eigenvalue weighted by Gasteiger charge is 2.40. The maximum Gasteiger partial charge on any atom is 0.123 e. The third-order valence-electron chi connectivity index (χ3n) is 3.42. The molecule has 1 heterocycles. The van der Waals surface area contributed by atoms with E-state index in [-0.39, 0.29) is 5.60 Å². The zero-order valence-corrected chi connectivity index (χ0v) is 11.6. The van der Waals surface area contributed by atoms with Gasteiger partial charge in [-0.25, -0.2) is 0 Å². The molecule has 0 amide bonds. The van der Waals surface area contributed by atoms with Crippen LogP contribution in [0.5, 0.6) is 5.75 Å². The van der Waals surface area contributed by atoms with Crippen molar-refractivity contribution in [3.8, 4) is 5.75 Å². The van der Waals surface area contributed by atoms with E-state index in [1.54, 1.807) is 0 Å². The van der Waals surface area contributed by atoms with Gasteiger partial charge in [0.1, 0.15) is 18.0 Å². The van der Waals surface area contributed by atoms with Crippen LogP contribution < -0.4 is 4.74 Å². The Morgan fingerprint density at radius 3 is 2.50 bits per heavy atom. The van der Waals surface area contributed by atoms with E-state index < -0.39 is 0 Å². The van der Waals surface area contributed by atoms with Gasteiger partial charge in [0.05, 0.1) is 6.61 Å². The summed E-state index contributed by atoms with van der Waals surface area (Å²) in [5, 5.41) is 0. The Hall–Kier alpha value is -1.02. The van der Waals surface area contributed by atoms with E-state index in [0.717, 1.165) is 12.4 Å². The molecular weight excluding hydrogens is 224 g/mol. The summed E-state index contributed by atoms with van der Waals surface area (Å²) >= 11 is 0. The van der Waals surface area contributed by atoms with Gasteiger partial charge in [0.2, 0.25) is 0 Å². The van der Waals surface area contributed by atoms with E-state index in [0.29, 0.717) is 6.61 Å². The summed E-state index contributed by atoms with van der Waals surface area (Å²) in [5.74, 6) is 0.948. The summed E-state index contributed by atoms with van der Waals surface area (Å²) in [6.07, 6.45) is 6.46. The maximum atomic E-state index is 5.71. The van der Waals surface area contributed by atoms with Crippen molar-refractivity contribution in [2.24, 2.45) is 0 Å². The van der Waals surface area contributed by atoms with Gasteiger partial charge in [0, 0.05) is 0 Å². The second-order valence-electron chi connectivity index (χ2n) is 5.48. The SMILES string of the molecule is CCCCCCc1ccc(OCC2(C)CO2)cc1.